The van der Waals surface area contributed by atoms with E-state index < -0.39 is 11.9 Å². The van der Waals surface area contributed by atoms with Crippen molar-refractivity contribution in [1.29, 1.82) is 0 Å². The number of hydrogen-bond acceptors (Lipinski definition) is 5. The molecule has 0 radical (unpaired) electrons. The minimum absolute atomic E-state index is 0.0719. The maximum absolute atomic E-state index is 11.3. The van der Waals surface area contributed by atoms with Crippen LogP contribution in [0.3, 0.4) is 0 Å². The number of nitrogens with one attached hydrogen (secondary N) is 1. The fourth-order valence-corrected chi connectivity index (χ4v) is 1.36. The van der Waals surface area contributed by atoms with Crippen LogP contribution in [-0.4, -0.2) is 70.5 Å². The third-order valence-corrected chi connectivity index (χ3v) is 2.36. The summed E-state index contributed by atoms with van der Waals surface area (Å²) in [5, 5.41) is 26.7. The lowest BCUT2D eigenvalue weighted by Gasteiger charge is -2.29. The number of piperidine rings is 1. The third-order valence-electron chi connectivity index (χ3n) is 2.36. The number of aliphatic carboxylic acids is 2. The average Bonchev–Trinajstić information content (AvgIpc) is 2.37. The standard InChI is InChI=1S/C8H17N3O2.C2H2O4/c9-3-4-10-8(13)11-5-1-7(12)2-6-11;3-1(4)2(5)6/h7,12H,1-6,9H2,(H,10,13);(H,3,4)(H,5,6). The van der Waals surface area contributed by atoms with Gasteiger partial charge in [-0.05, 0) is 12.8 Å². The number of aliphatic hydroxyl groups excluding tert-OH is 1. The summed E-state index contributed by atoms with van der Waals surface area (Å²) in [6.45, 7) is 2.25. The van der Waals surface area contributed by atoms with E-state index in [9.17, 15) is 9.90 Å². The Morgan fingerprint density at radius 3 is 2.00 bits per heavy atom. The van der Waals surface area contributed by atoms with Gasteiger partial charge in [-0.3, -0.25) is 0 Å². The van der Waals surface area contributed by atoms with Gasteiger partial charge >= 0.3 is 18.0 Å². The number of nitrogens with zero attached hydrogens (tertiary/aromatic N) is 1. The van der Waals surface area contributed by atoms with Crippen molar-refractivity contribution >= 4 is 18.0 Å². The number of carbonyl (C=O) groups is 3. The van der Waals surface area contributed by atoms with Crippen LogP contribution in [0.5, 0.6) is 0 Å². The summed E-state index contributed by atoms with van der Waals surface area (Å²) in [5.41, 5.74) is 5.26. The predicted octanol–water partition coefficient (Wildman–Crippen LogP) is -1.73. The Kier molecular flexibility index (Phi) is 8.22. The van der Waals surface area contributed by atoms with Crippen LogP contribution < -0.4 is 11.1 Å². The maximum atomic E-state index is 11.3. The Hall–Kier alpha value is -1.87. The second-order valence-corrected chi connectivity index (χ2v) is 3.85. The molecule has 6 N–H and O–H groups in total. The molecule has 9 heteroatoms. The van der Waals surface area contributed by atoms with E-state index in [-0.39, 0.29) is 12.1 Å². The minimum Gasteiger partial charge on any atom is -0.473 e. The Labute approximate surface area is 110 Å². The highest BCUT2D eigenvalue weighted by molar-refractivity contribution is 6.27. The number of carboxylic acids is 2. The van der Waals surface area contributed by atoms with Gasteiger partial charge in [-0.15, -0.1) is 0 Å². The predicted molar refractivity (Wildman–Crippen MR) is 64.5 cm³/mol. The molecule has 9 nitrogen and oxygen atoms in total. The summed E-state index contributed by atoms with van der Waals surface area (Å²) < 4.78 is 0. The summed E-state index contributed by atoms with van der Waals surface area (Å²) in [5.74, 6) is -3.65. The van der Waals surface area contributed by atoms with Gasteiger partial charge in [0.05, 0.1) is 6.10 Å². The van der Waals surface area contributed by atoms with E-state index in [0.29, 0.717) is 39.0 Å². The lowest BCUT2D eigenvalue weighted by Crippen LogP contribution is -2.46. The normalized spacial score (nSPS) is 15.2. The molecule has 0 bridgehead atoms. The Balaban J connectivity index is 0.000000459. The summed E-state index contributed by atoms with van der Waals surface area (Å²) in [6, 6.07) is -0.0719. The van der Waals surface area contributed by atoms with Gasteiger partial charge in [0, 0.05) is 26.2 Å². The first-order valence-corrected chi connectivity index (χ1v) is 5.75. The molecule has 0 aromatic rings. The molecule has 19 heavy (non-hydrogen) atoms. The van der Waals surface area contributed by atoms with E-state index in [4.69, 9.17) is 25.5 Å². The molecular weight excluding hydrogens is 258 g/mol. The highest BCUT2D eigenvalue weighted by atomic mass is 16.4. The molecule has 0 saturated carbocycles. The van der Waals surface area contributed by atoms with Crippen molar-refractivity contribution in [3.63, 3.8) is 0 Å². The third kappa shape index (κ3) is 7.95. The Morgan fingerprint density at radius 1 is 1.16 bits per heavy atom. The molecule has 1 fully saturated rings. The van der Waals surface area contributed by atoms with Gasteiger partial charge in [-0.2, -0.15) is 0 Å². The Bertz CT molecular complexity index is 302. The number of urea groups is 1. The van der Waals surface area contributed by atoms with Gasteiger partial charge in [0.1, 0.15) is 0 Å². The second-order valence-electron chi connectivity index (χ2n) is 3.85. The highest BCUT2D eigenvalue weighted by Crippen LogP contribution is 2.09. The molecule has 1 saturated heterocycles. The van der Waals surface area contributed by atoms with Gasteiger partial charge in [0.15, 0.2) is 0 Å². The number of carboxylic acid groups (broad SMARTS) is 2. The van der Waals surface area contributed by atoms with Crippen LogP contribution in [0.15, 0.2) is 0 Å². The lowest BCUT2D eigenvalue weighted by molar-refractivity contribution is -0.159. The second kappa shape index (κ2) is 9.11. The molecular formula is C10H19N3O6. The minimum atomic E-state index is -1.82. The van der Waals surface area contributed by atoms with Gasteiger partial charge in [0.2, 0.25) is 0 Å². The summed E-state index contributed by atoms with van der Waals surface area (Å²) in [6.07, 6.45) is 1.12. The molecule has 0 spiro atoms. The molecule has 0 aromatic carbocycles. The van der Waals surface area contributed by atoms with Gasteiger partial charge in [-0.25, -0.2) is 14.4 Å². The number of hydrogen-bond donors (Lipinski definition) is 5. The fraction of sp³-hybridized carbons (Fsp3) is 0.700. The number of rotatable bonds is 2. The molecule has 1 aliphatic heterocycles. The number of aliphatic hydroxyl groups is 1. The molecule has 1 heterocycles. The first-order valence-electron chi connectivity index (χ1n) is 5.75. The van der Waals surface area contributed by atoms with Crippen LogP contribution in [-0.2, 0) is 9.59 Å². The quantitative estimate of drug-likeness (QED) is 0.376. The SMILES string of the molecule is NCCNC(=O)N1CCC(O)CC1.O=C(O)C(=O)O. The topological polar surface area (TPSA) is 153 Å². The molecule has 110 valence electrons. The van der Waals surface area contributed by atoms with Gasteiger partial charge < -0.3 is 31.3 Å². The molecule has 0 aromatic heterocycles. The summed E-state index contributed by atoms with van der Waals surface area (Å²) >= 11 is 0. The first-order chi connectivity index (χ1) is 8.88. The molecule has 1 aliphatic rings. The van der Waals surface area contributed by atoms with E-state index >= 15 is 0 Å². The van der Waals surface area contributed by atoms with Crippen molar-refractivity contribution in [1.82, 2.24) is 10.2 Å². The first kappa shape index (κ1) is 17.1. The number of likely N-dealkylation sites (tertiary alicyclic amines) is 1. The summed E-state index contributed by atoms with van der Waals surface area (Å²) in [4.78, 5) is 31.3. The van der Waals surface area contributed by atoms with Crippen molar-refractivity contribution in [3.05, 3.63) is 0 Å². The number of carbonyl (C=O) groups excluding carboxylic acids is 1. The number of nitrogens with two attached hydrogens (primary N) is 1. The zero-order valence-corrected chi connectivity index (χ0v) is 10.4. The van der Waals surface area contributed by atoms with Crippen molar-refractivity contribution in [2.24, 2.45) is 5.73 Å². The van der Waals surface area contributed by atoms with Crippen LogP contribution in [0.4, 0.5) is 4.79 Å². The van der Waals surface area contributed by atoms with Crippen LogP contribution in [0.2, 0.25) is 0 Å². The monoisotopic (exact) mass is 277 g/mol. The van der Waals surface area contributed by atoms with Crippen LogP contribution >= 0.6 is 0 Å². The van der Waals surface area contributed by atoms with Crippen LogP contribution in [0.1, 0.15) is 12.8 Å². The van der Waals surface area contributed by atoms with Crippen molar-refractivity contribution < 1.29 is 29.7 Å². The Morgan fingerprint density at radius 2 is 1.63 bits per heavy atom. The van der Waals surface area contributed by atoms with Gasteiger partial charge in [-0.1, -0.05) is 0 Å². The summed E-state index contributed by atoms with van der Waals surface area (Å²) in [7, 11) is 0. The number of amides is 2. The smallest absolute Gasteiger partial charge is 0.414 e. The molecule has 0 atom stereocenters. The van der Waals surface area contributed by atoms with Crippen LogP contribution in [0, 0.1) is 0 Å². The fourth-order valence-electron chi connectivity index (χ4n) is 1.36. The molecule has 2 amide bonds. The van der Waals surface area contributed by atoms with Crippen molar-refractivity contribution in [2.45, 2.75) is 18.9 Å². The van der Waals surface area contributed by atoms with E-state index in [1.165, 1.54) is 0 Å². The van der Waals surface area contributed by atoms with E-state index in [0.717, 1.165) is 0 Å². The highest BCUT2D eigenvalue weighted by Gasteiger charge is 2.20. The lowest BCUT2D eigenvalue weighted by atomic mass is 10.1. The van der Waals surface area contributed by atoms with E-state index in [1.807, 2.05) is 0 Å². The molecule has 1 rings (SSSR count). The molecule has 0 unspecified atom stereocenters. The van der Waals surface area contributed by atoms with Gasteiger partial charge in [0.25, 0.3) is 0 Å². The van der Waals surface area contributed by atoms with Crippen molar-refractivity contribution in [2.75, 3.05) is 26.2 Å². The van der Waals surface area contributed by atoms with E-state index in [2.05, 4.69) is 5.32 Å². The van der Waals surface area contributed by atoms with Crippen molar-refractivity contribution in [3.8, 4) is 0 Å². The maximum Gasteiger partial charge on any atom is 0.414 e. The molecule has 0 aliphatic carbocycles. The zero-order valence-electron chi connectivity index (χ0n) is 10.4. The largest absolute Gasteiger partial charge is 0.473 e. The average molecular weight is 277 g/mol. The van der Waals surface area contributed by atoms with E-state index in [1.54, 1.807) is 4.90 Å². The van der Waals surface area contributed by atoms with Crippen LogP contribution in [0.25, 0.3) is 0 Å². The zero-order chi connectivity index (χ0) is 14.8.